The second-order valence-corrected chi connectivity index (χ2v) is 7.84. The van der Waals surface area contributed by atoms with Crippen LogP contribution in [0.4, 0.5) is 0 Å². The van der Waals surface area contributed by atoms with Gasteiger partial charge >= 0.3 is 0 Å². The molecule has 3 atom stereocenters. The molecule has 26 heavy (non-hydrogen) atoms. The lowest BCUT2D eigenvalue weighted by Gasteiger charge is -2.27. The van der Waals surface area contributed by atoms with Crippen molar-refractivity contribution in [2.75, 3.05) is 13.7 Å². The Morgan fingerprint density at radius 3 is 2.42 bits per heavy atom. The Bertz CT molecular complexity index is 644. The summed E-state index contributed by atoms with van der Waals surface area (Å²) < 4.78 is 10.8. The van der Waals surface area contributed by atoms with Crippen molar-refractivity contribution in [1.82, 2.24) is 5.32 Å². The Morgan fingerprint density at radius 1 is 1.27 bits per heavy atom. The van der Waals surface area contributed by atoms with Crippen LogP contribution >= 0.6 is 0 Å². The lowest BCUT2D eigenvalue weighted by molar-refractivity contribution is -0.123. The summed E-state index contributed by atoms with van der Waals surface area (Å²) in [4.78, 5) is 25.1. The Kier molecular flexibility index (Phi) is 5.66. The van der Waals surface area contributed by atoms with Crippen LogP contribution in [-0.2, 0) is 9.53 Å². The molecule has 5 heteroatoms. The fourth-order valence-corrected chi connectivity index (χ4v) is 4.14. The van der Waals surface area contributed by atoms with Gasteiger partial charge < -0.3 is 14.8 Å². The lowest BCUT2D eigenvalue weighted by Crippen LogP contribution is -2.41. The summed E-state index contributed by atoms with van der Waals surface area (Å²) in [6, 6.07) is 6.41. The summed E-state index contributed by atoms with van der Waals surface area (Å²) in [5.41, 5.74) is 0.415. The summed E-state index contributed by atoms with van der Waals surface area (Å²) in [6.45, 7) is 4.58. The van der Waals surface area contributed by atoms with E-state index in [-0.39, 0.29) is 23.2 Å². The van der Waals surface area contributed by atoms with Gasteiger partial charge in [0.2, 0.25) is 5.91 Å². The molecule has 0 bridgehead atoms. The van der Waals surface area contributed by atoms with Crippen LogP contribution in [-0.4, -0.2) is 37.0 Å². The maximum atomic E-state index is 12.6. The van der Waals surface area contributed by atoms with E-state index in [0.717, 1.165) is 6.61 Å². The van der Waals surface area contributed by atoms with Crippen LogP contribution in [0, 0.1) is 11.8 Å². The zero-order chi connectivity index (χ0) is 18.7. The summed E-state index contributed by atoms with van der Waals surface area (Å²) in [6.07, 6.45) is 5.27. The van der Waals surface area contributed by atoms with Gasteiger partial charge in [-0.15, -0.1) is 0 Å². The van der Waals surface area contributed by atoms with Crippen LogP contribution in [0.3, 0.4) is 0 Å². The largest absolute Gasteiger partial charge is 0.497 e. The molecule has 1 aromatic rings. The molecule has 0 aromatic heterocycles. The molecule has 1 aliphatic heterocycles. The van der Waals surface area contributed by atoms with E-state index in [0.29, 0.717) is 23.7 Å². The number of hydrogen-bond donors (Lipinski definition) is 1. The summed E-state index contributed by atoms with van der Waals surface area (Å²) in [5, 5.41) is 2.89. The molecule has 1 heterocycles. The van der Waals surface area contributed by atoms with E-state index >= 15 is 0 Å². The van der Waals surface area contributed by atoms with Crippen LogP contribution in [0.1, 0.15) is 56.3 Å². The molecule has 1 aromatic carbocycles. The maximum absolute atomic E-state index is 12.6. The van der Waals surface area contributed by atoms with Crippen molar-refractivity contribution in [3.05, 3.63) is 29.8 Å². The highest BCUT2D eigenvalue weighted by atomic mass is 16.6. The van der Waals surface area contributed by atoms with Gasteiger partial charge in [0.1, 0.15) is 5.75 Å². The average molecular weight is 359 g/mol. The molecule has 0 radical (unpaired) electrons. The lowest BCUT2D eigenvalue weighted by atomic mass is 9.79. The zero-order valence-electron chi connectivity index (χ0n) is 15.9. The number of ether oxygens (including phenoxy) is 2. The van der Waals surface area contributed by atoms with Gasteiger partial charge in [0.15, 0.2) is 5.78 Å². The highest BCUT2D eigenvalue weighted by Gasteiger charge is 2.50. The number of nitrogens with one attached hydrogen (secondary N) is 1. The molecule has 1 saturated carbocycles. The number of hydrogen-bond acceptors (Lipinski definition) is 4. The minimum absolute atomic E-state index is 0.0620. The molecule has 3 rings (SSSR count). The number of epoxide rings is 1. The van der Waals surface area contributed by atoms with Gasteiger partial charge in [-0.1, -0.05) is 25.7 Å². The number of amides is 1. The minimum Gasteiger partial charge on any atom is -0.497 e. The zero-order valence-corrected chi connectivity index (χ0v) is 15.9. The van der Waals surface area contributed by atoms with E-state index in [1.54, 1.807) is 38.3 Å². The van der Waals surface area contributed by atoms with Gasteiger partial charge in [-0.3, -0.25) is 9.59 Å². The highest BCUT2D eigenvalue weighted by Crippen LogP contribution is 2.46. The van der Waals surface area contributed by atoms with Crippen LogP contribution in [0.25, 0.3) is 0 Å². The maximum Gasteiger partial charge on any atom is 0.220 e. The number of carbonyl (C=O) groups is 2. The standard InChI is InChI=1S/C21H29NO4/c1-14(20(24)16-8-10-17(25-3)11-9-16)22-19(23)12-18(21(2)13-26-21)15-6-4-5-7-15/h8-11,14-15,18H,4-7,12-13H2,1-3H3,(H,22,23)/t14-,18-,21-/m0/s1. The Hall–Kier alpha value is -1.88. The SMILES string of the molecule is COc1ccc(C(=O)[C@H](C)NC(=O)C[C@@H](C2CCCC2)[C@]2(C)CO2)cc1. The quantitative estimate of drug-likeness (QED) is 0.571. The molecule has 1 amide bonds. The fourth-order valence-electron chi connectivity index (χ4n) is 4.14. The highest BCUT2D eigenvalue weighted by molar-refractivity contribution is 6.01. The van der Waals surface area contributed by atoms with Crippen LogP contribution < -0.4 is 10.1 Å². The second-order valence-electron chi connectivity index (χ2n) is 7.84. The molecular formula is C21H29NO4. The number of carbonyl (C=O) groups excluding carboxylic acids is 2. The van der Waals surface area contributed by atoms with E-state index in [2.05, 4.69) is 12.2 Å². The van der Waals surface area contributed by atoms with Crippen LogP contribution in [0.15, 0.2) is 24.3 Å². The number of Topliss-reactive ketones (excluding diaryl/α,β-unsaturated/α-hetero) is 1. The van der Waals surface area contributed by atoms with Crippen molar-refractivity contribution < 1.29 is 19.1 Å². The van der Waals surface area contributed by atoms with E-state index in [1.165, 1.54) is 25.7 Å². The molecule has 1 saturated heterocycles. The van der Waals surface area contributed by atoms with E-state index < -0.39 is 6.04 Å². The molecule has 142 valence electrons. The predicted molar refractivity (Wildman–Crippen MR) is 99.4 cm³/mol. The smallest absolute Gasteiger partial charge is 0.220 e. The van der Waals surface area contributed by atoms with Gasteiger partial charge in [-0.05, 0) is 44.0 Å². The second kappa shape index (κ2) is 7.78. The Morgan fingerprint density at radius 2 is 1.88 bits per heavy atom. The molecule has 2 fully saturated rings. The topological polar surface area (TPSA) is 67.9 Å². The first-order chi connectivity index (χ1) is 12.4. The number of ketones is 1. The molecule has 0 spiro atoms. The van der Waals surface area contributed by atoms with Crippen molar-refractivity contribution in [2.45, 2.75) is 57.6 Å². The minimum atomic E-state index is -0.548. The van der Waals surface area contributed by atoms with Crippen LogP contribution in [0.2, 0.25) is 0 Å². The fraction of sp³-hybridized carbons (Fsp3) is 0.619. The summed E-state index contributed by atoms with van der Waals surface area (Å²) in [7, 11) is 1.59. The molecule has 1 N–H and O–H groups in total. The first kappa shape index (κ1) is 18.9. The number of methoxy groups -OCH3 is 1. The van der Waals surface area contributed by atoms with Gasteiger partial charge in [-0.2, -0.15) is 0 Å². The van der Waals surface area contributed by atoms with E-state index in [4.69, 9.17) is 9.47 Å². The van der Waals surface area contributed by atoms with E-state index in [1.807, 2.05) is 0 Å². The monoisotopic (exact) mass is 359 g/mol. The van der Waals surface area contributed by atoms with Crippen molar-refractivity contribution in [3.8, 4) is 5.75 Å². The molecule has 2 aliphatic rings. The Balaban J connectivity index is 1.58. The third-order valence-corrected chi connectivity index (χ3v) is 5.90. The van der Waals surface area contributed by atoms with Gasteiger partial charge in [0.25, 0.3) is 0 Å². The van der Waals surface area contributed by atoms with E-state index in [9.17, 15) is 9.59 Å². The van der Waals surface area contributed by atoms with Gasteiger partial charge in [0, 0.05) is 17.9 Å². The van der Waals surface area contributed by atoms with Gasteiger partial charge in [0.05, 0.1) is 25.4 Å². The summed E-state index contributed by atoms with van der Waals surface area (Å²) >= 11 is 0. The van der Waals surface area contributed by atoms with Crippen molar-refractivity contribution >= 4 is 11.7 Å². The molecular weight excluding hydrogens is 330 g/mol. The normalized spacial score (nSPS) is 24.7. The van der Waals surface area contributed by atoms with Crippen LogP contribution in [0.5, 0.6) is 5.75 Å². The molecule has 1 aliphatic carbocycles. The number of benzene rings is 1. The number of rotatable bonds is 8. The van der Waals surface area contributed by atoms with Crippen molar-refractivity contribution in [1.29, 1.82) is 0 Å². The molecule has 0 unspecified atom stereocenters. The Labute approximate surface area is 155 Å². The van der Waals surface area contributed by atoms with Crippen molar-refractivity contribution in [3.63, 3.8) is 0 Å². The average Bonchev–Trinajstić information content (AvgIpc) is 3.17. The summed E-state index contributed by atoms with van der Waals surface area (Å²) in [5.74, 6) is 1.35. The third kappa shape index (κ3) is 4.26. The van der Waals surface area contributed by atoms with Crippen molar-refractivity contribution in [2.24, 2.45) is 11.8 Å². The van der Waals surface area contributed by atoms with Gasteiger partial charge in [-0.25, -0.2) is 0 Å². The predicted octanol–water partition coefficient (Wildman–Crippen LogP) is 3.37. The first-order valence-electron chi connectivity index (χ1n) is 9.54. The third-order valence-electron chi connectivity index (χ3n) is 5.90. The molecule has 5 nitrogen and oxygen atoms in total. The first-order valence-corrected chi connectivity index (χ1v) is 9.54.